The Morgan fingerprint density at radius 2 is 0.816 bits per heavy atom. The second-order valence-corrected chi connectivity index (χ2v) is 14.8. The Kier molecular flexibility index (Phi) is 35.6. The van der Waals surface area contributed by atoms with E-state index in [-0.39, 0.29) is 0 Å². The molecule has 1 aliphatic heterocycles. The Hall–Kier alpha value is -1.20. The molecule has 0 saturated carbocycles. The summed E-state index contributed by atoms with van der Waals surface area (Å²) in [6, 6.07) is 0. The van der Waals surface area contributed by atoms with E-state index in [1.807, 2.05) is 0 Å². The van der Waals surface area contributed by atoms with E-state index in [0.29, 0.717) is 5.92 Å². The molecule has 0 atom stereocenters. The molecule has 0 spiro atoms. The zero-order valence-electron chi connectivity index (χ0n) is 33.2. The number of allylic oxidation sites excluding steroid dienone is 8. The maximum Gasteiger partial charge on any atom is 0.0528 e. The average Bonchev–Trinajstić information content (AvgIpc) is 3.11. The summed E-state index contributed by atoms with van der Waals surface area (Å²) in [5.41, 5.74) is 0. The molecular weight excluding hydrogens is 601 g/mol. The molecular formula is C45H84N2O2. The highest BCUT2D eigenvalue weighted by Crippen LogP contribution is 2.12. The van der Waals surface area contributed by atoms with Gasteiger partial charge in [0.1, 0.15) is 0 Å². The maximum atomic E-state index is 6.23. The van der Waals surface area contributed by atoms with Crippen molar-refractivity contribution in [3.8, 4) is 0 Å². The van der Waals surface area contributed by atoms with Crippen LogP contribution in [0.15, 0.2) is 48.6 Å². The monoisotopic (exact) mass is 685 g/mol. The van der Waals surface area contributed by atoms with E-state index in [1.54, 1.807) is 0 Å². The van der Waals surface area contributed by atoms with Crippen LogP contribution in [0.4, 0.5) is 0 Å². The number of hydrogen-bond acceptors (Lipinski definition) is 4. The van der Waals surface area contributed by atoms with Gasteiger partial charge in [-0.3, -0.25) is 0 Å². The lowest BCUT2D eigenvalue weighted by Gasteiger charge is -2.34. The van der Waals surface area contributed by atoms with Crippen LogP contribution in [0.2, 0.25) is 0 Å². The summed E-state index contributed by atoms with van der Waals surface area (Å²) >= 11 is 0. The molecule has 0 radical (unpaired) electrons. The van der Waals surface area contributed by atoms with Gasteiger partial charge in [0, 0.05) is 51.9 Å². The lowest BCUT2D eigenvalue weighted by molar-refractivity contribution is 0.0156. The van der Waals surface area contributed by atoms with Gasteiger partial charge in [0.2, 0.25) is 0 Å². The predicted molar refractivity (Wildman–Crippen MR) is 218 cm³/mol. The smallest absolute Gasteiger partial charge is 0.0528 e. The summed E-state index contributed by atoms with van der Waals surface area (Å²) in [7, 11) is 2.24. The molecule has 0 aromatic rings. The highest BCUT2D eigenvalue weighted by Gasteiger charge is 2.19. The number of hydrogen-bond donors (Lipinski definition) is 0. The number of unbranched alkanes of at least 4 members (excludes halogenated alkanes) is 18. The highest BCUT2D eigenvalue weighted by atomic mass is 16.5. The maximum absolute atomic E-state index is 6.23. The quantitative estimate of drug-likeness (QED) is 0.0484. The van der Waals surface area contributed by atoms with Crippen LogP contribution in [0.5, 0.6) is 0 Å². The molecule has 0 unspecified atom stereocenters. The summed E-state index contributed by atoms with van der Waals surface area (Å²) in [4.78, 5) is 5.06. The van der Waals surface area contributed by atoms with E-state index in [2.05, 4.69) is 79.3 Å². The van der Waals surface area contributed by atoms with Crippen molar-refractivity contribution in [1.82, 2.24) is 9.80 Å². The van der Waals surface area contributed by atoms with Crippen molar-refractivity contribution in [2.45, 2.75) is 168 Å². The molecule has 49 heavy (non-hydrogen) atoms. The van der Waals surface area contributed by atoms with E-state index < -0.39 is 0 Å². The van der Waals surface area contributed by atoms with Crippen molar-refractivity contribution in [3.63, 3.8) is 0 Å². The summed E-state index contributed by atoms with van der Waals surface area (Å²) in [5, 5.41) is 0. The third-order valence-electron chi connectivity index (χ3n) is 9.80. The Balaban J connectivity index is 2.04. The third-order valence-corrected chi connectivity index (χ3v) is 9.80. The van der Waals surface area contributed by atoms with E-state index in [4.69, 9.17) is 9.47 Å². The highest BCUT2D eigenvalue weighted by molar-refractivity contribution is 4.93. The van der Waals surface area contributed by atoms with Crippen LogP contribution in [0.3, 0.4) is 0 Å². The van der Waals surface area contributed by atoms with Crippen LogP contribution in [-0.2, 0) is 9.47 Å². The van der Waals surface area contributed by atoms with Gasteiger partial charge in [0.05, 0.1) is 13.2 Å². The topological polar surface area (TPSA) is 24.9 Å². The summed E-state index contributed by atoms with van der Waals surface area (Å²) < 4.78 is 12.5. The van der Waals surface area contributed by atoms with Crippen LogP contribution < -0.4 is 0 Å². The van der Waals surface area contributed by atoms with E-state index >= 15 is 0 Å². The van der Waals surface area contributed by atoms with Crippen molar-refractivity contribution in [2.24, 2.45) is 5.92 Å². The van der Waals surface area contributed by atoms with Gasteiger partial charge >= 0.3 is 0 Å². The SMILES string of the molecule is CCCCCC=CCC=CCCCCCCCCOCC(COCCCCCCCCC=CCC=CCCCCC)CN1CCN(C)CC1. The molecule has 0 N–H and O–H groups in total. The van der Waals surface area contributed by atoms with Gasteiger partial charge in [-0.15, -0.1) is 0 Å². The minimum absolute atomic E-state index is 0.484. The van der Waals surface area contributed by atoms with Crippen LogP contribution in [0, 0.1) is 5.92 Å². The lowest BCUT2D eigenvalue weighted by Crippen LogP contribution is -2.47. The Bertz CT molecular complexity index is 716. The minimum Gasteiger partial charge on any atom is -0.381 e. The standard InChI is InChI=1S/C45H84N2O2/c1-4-6-8-10-12-14-16-18-20-22-24-26-28-30-32-34-40-48-43-45(42-47-38-36-46(3)37-39-47)44-49-41-35-33-31-29-27-25-23-21-19-17-15-13-11-9-7-5-2/h12-15,18-21,45H,4-11,16-17,22-44H2,1-3H3. The van der Waals surface area contributed by atoms with Crippen molar-refractivity contribution < 1.29 is 9.47 Å². The van der Waals surface area contributed by atoms with Gasteiger partial charge in [-0.25, -0.2) is 0 Å². The molecule has 4 nitrogen and oxygen atoms in total. The van der Waals surface area contributed by atoms with Crippen molar-refractivity contribution in [3.05, 3.63) is 48.6 Å². The van der Waals surface area contributed by atoms with Gasteiger partial charge in [-0.1, -0.05) is 140 Å². The zero-order valence-corrected chi connectivity index (χ0v) is 33.2. The number of likely N-dealkylation sites (N-methyl/N-ethyl adjacent to an activating group) is 1. The van der Waals surface area contributed by atoms with E-state index in [0.717, 1.165) is 45.8 Å². The van der Waals surface area contributed by atoms with Gasteiger partial charge < -0.3 is 19.3 Å². The Morgan fingerprint density at radius 1 is 0.449 bits per heavy atom. The first-order valence-corrected chi connectivity index (χ1v) is 21.4. The van der Waals surface area contributed by atoms with Gasteiger partial charge in [0.25, 0.3) is 0 Å². The van der Waals surface area contributed by atoms with Crippen LogP contribution >= 0.6 is 0 Å². The molecule has 0 aliphatic carbocycles. The fourth-order valence-electron chi connectivity index (χ4n) is 6.43. The molecule has 1 aliphatic rings. The molecule has 1 heterocycles. The van der Waals surface area contributed by atoms with Crippen LogP contribution in [0.1, 0.15) is 168 Å². The fraction of sp³-hybridized carbons (Fsp3) is 0.822. The molecule has 1 fully saturated rings. The van der Waals surface area contributed by atoms with Crippen LogP contribution in [0.25, 0.3) is 0 Å². The fourth-order valence-corrected chi connectivity index (χ4v) is 6.43. The van der Waals surface area contributed by atoms with Gasteiger partial charge in [0.15, 0.2) is 0 Å². The van der Waals surface area contributed by atoms with Gasteiger partial charge in [-0.2, -0.15) is 0 Å². The molecule has 286 valence electrons. The average molecular weight is 685 g/mol. The number of rotatable bonds is 36. The summed E-state index contributed by atoms with van der Waals surface area (Å²) in [6.07, 6.45) is 49.8. The van der Waals surface area contributed by atoms with E-state index in [9.17, 15) is 0 Å². The minimum atomic E-state index is 0.484. The predicted octanol–water partition coefficient (Wildman–Crippen LogP) is 12.5. The molecule has 1 saturated heterocycles. The van der Waals surface area contributed by atoms with Crippen molar-refractivity contribution in [2.75, 3.05) is 66.2 Å². The van der Waals surface area contributed by atoms with Crippen molar-refractivity contribution in [1.29, 1.82) is 0 Å². The first-order valence-electron chi connectivity index (χ1n) is 21.4. The molecule has 0 aromatic heterocycles. The largest absolute Gasteiger partial charge is 0.381 e. The Morgan fingerprint density at radius 3 is 1.22 bits per heavy atom. The first kappa shape index (κ1) is 45.8. The zero-order chi connectivity index (χ0) is 35.1. The molecule has 1 rings (SSSR count). The summed E-state index contributed by atoms with van der Waals surface area (Å²) in [5.74, 6) is 0.484. The first-order chi connectivity index (χ1) is 24.3. The second-order valence-electron chi connectivity index (χ2n) is 14.8. The normalized spacial score (nSPS) is 15.7. The lowest BCUT2D eigenvalue weighted by atomic mass is 10.1. The summed E-state index contributed by atoms with van der Waals surface area (Å²) in [6.45, 7) is 13.8. The number of ether oxygens (including phenoxy) is 2. The van der Waals surface area contributed by atoms with E-state index in [1.165, 1.54) is 167 Å². The molecule has 4 heteroatoms. The Labute approximate surface area is 307 Å². The van der Waals surface area contributed by atoms with Gasteiger partial charge in [-0.05, 0) is 84.1 Å². The number of nitrogens with zero attached hydrogens (tertiary/aromatic N) is 2. The molecule has 0 aromatic carbocycles. The molecule has 0 amide bonds. The second kappa shape index (κ2) is 38.0. The number of piperazine rings is 1. The van der Waals surface area contributed by atoms with Crippen LogP contribution in [-0.4, -0.2) is 76.0 Å². The van der Waals surface area contributed by atoms with Crippen molar-refractivity contribution >= 4 is 0 Å². The molecule has 0 bridgehead atoms. The third kappa shape index (κ3) is 33.7.